The second-order valence-electron chi connectivity index (χ2n) is 4.17. The Morgan fingerprint density at radius 2 is 2.00 bits per heavy atom. The number of benzene rings is 1. The lowest BCUT2D eigenvalue weighted by Gasteiger charge is -2.17. The van der Waals surface area contributed by atoms with Crippen molar-refractivity contribution in [1.29, 1.82) is 0 Å². The molecule has 0 heterocycles. The molecule has 0 aliphatic rings. The molecule has 0 bridgehead atoms. The first-order chi connectivity index (χ1) is 9.23. The molecule has 1 atom stereocenters. The van der Waals surface area contributed by atoms with E-state index in [0.29, 0.717) is 5.75 Å². The summed E-state index contributed by atoms with van der Waals surface area (Å²) >= 11 is 6.03. The molecule has 0 aromatic heterocycles. The summed E-state index contributed by atoms with van der Waals surface area (Å²) in [7, 11) is -3.51. The lowest BCUT2D eigenvalue weighted by molar-refractivity contribution is 0.248. The predicted octanol–water partition coefficient (Wildman–Crippen LogP) is 2.34. The SMILES string of the molecule is CC(C)OP(O)(=S)SCCNS(=O)(=O)c1ccccc1. The third kappa shape index (κ3) is 6.67. The lowest BCUT2D eigenvalue weighted by Crippen LogP contribution is -2.25. The van der Waals surface area contributed by atoms with Crippen LogP contribution >= 0.6 is 17.1 Å². The minimum atomic E-state index is -3.51. The Bertz CT molecular complexity index is 562. The van der Waals surface area contributed by atoms with E-state index < -0.39 is 15.7 Å². The summed E-state index contributed by atoms with van der Waals surface area (Å²) in [5.41, 5.74) is -2.89. The highest BCUT2D eigenvalue weighted by Crippen LogP contribution is 2.56. The molecule has 0 saturated carbocycles. The van der Waals surface area contributed by atoms with Crippen LogP contribution in [0.25, 0.3) is 0 Å². The van der Waals surface area contributed by atoms with Crippen LogP contribution in [0.3, 0.4) is 0 Å². The van der Waals surface area contributed by atoms with E-state index in [0.717, 1.165) is 11.4 Å². The van der Waals surface area contributed by atoms with Gasteiger partial charge in [0.15, 0.2) is 0 Å². The van der Waals surface area contributed by atoms with Crippen molar-refractivity contribution in [3.8, 4) is 0 Å². The Hall–Kier alpha value is 0.0500. The van der Waals surface area contributed by atoms with Crippen LogP contribution in [0, 0.1) is 0 Å². The van der Waals surface area contributed by atoms with Gasteiger partial charge in [-0.3, -0.25) is 0 Å². The molecule has 1 aromatic carbocycles. The average Bonchev–Trinajstić information content (AvgIpc) is 2.34. The second-order valence-corrected chi connectivity index (χ2v) is 12.2. The second kappa shape index (κ2) is 7.89. The maximum Gasteiger partial charge on any atom is 0.245 e. The van der Waals surface area contributed by atoms with Crippen LogP contribution in [0.5, 0.6) is 0 Å². The normalized spacial score (nSPS) is 15.2. The van der Waals surface area contributed by atoms with Crippen LogP contribution in [0.2, 0.25) is 0 Å². The lowest BCUT2D eigenvalue weighted by atomic mass is 10.4. The average molecular weight is 355 g/mol. The van der Waals surface area contributed by atoms with Crippen molar-refractivity contribution in [3.05, 3.63) is 30.3 Å². The zero-order valence-corrected chi connectivity index (χ0v) is 14.6. The fraction of sp³-hybridized carbons (Fsp3) is 0.455. The number of sulfonamides is 1. The van der Waals surface area contributed by atoms with Crippen LogP contribution in [0.15, 0.2) is 35.2 Å². The molecule has 114 valence electrons. The Balaban J connectivity index is 2.44. The molecular weight excluding hydrogens is 337 g/mol. The van der Waals surface area contributed by atoms with Crippen molar-refractivity contribution in [1.82, 2.24) is 4.72 Å². The highest BCUT2D eigenvalue weighted by molar-refractivity contribution is 8.67. The van der Waals surface area contributed by atoms with Gasteiger partial charge in [-0.25, -0.2) is 13.1 Å². The van der Waals surface area contributed by atoms with E-state index in [2.05, 4.69) is 4.72 Å². The monoisotopic (exact) mass is 355 g/mol. The van der Waals surface area contributed by atoms with E-state index in [4.69, 9.17) is 16.3 Å². The maximum atomic E-state index is 11.9. The molecule has 0 saturated heterocycles. The third-order valence-electron chi connectivity index (χ3n) is 2.05. The summed E-state index contributed by atoms with van der Waals surface area (Å²) in [6, 6.07) is 8.11. The van der Waals surface area contributed by atoms with Gasteiger partial charge in [0.2, 0.25) is 15.7 Å². The van der Waals surface area contributed by atoms with Crippen molar-refractivity contribution >= 4 is 38.9 Å². The van der Waals surface area contributed by atoms with Gasteiger partial charge < -0.3 is 9.42 Å². The van der Waals surface area contributed by atoms with E-state index in [1.165, 1.54) is 12.1 Å². The van der Waals surface area contributed by atoms with Crippen LogP contribution in [0.4, 0.5) is 0 Å². The molecule has 0 fully saturated rings. The summed E-state index contributed by atoms with van der Waals surface area (Å²) < 4.78 is 31.5. The topological polar surface area (TPSA) is 75.6 Å². The summed E-state index contributed by atoms with van der Waals surface area (Å²) in [5.74, 6) is 0.354. The van der Waals surface area contributed by atoms with Gasteiger partial charge >= 0.3 is 0 Å². The maximum absolute atomic E-state index is 11.9. The predicted molar refractivity (Wildman–Crippen MR) is 86.8 cm³/mol. The first-order valence-corrected chi connectivity index (χ1v) is 11.7. The summed E-state index contributed by atoms with van der Waals surface area (Å²) in [6.07, 6.45) is -0.153. The molecule has 20 heavy (non-hydrogen) atoms. The zero-order valence-electron chi connectivity index (χ0n) is 11.2. The molecule has 2 N–H and O–H groups in total. The molecular formula is C11H18NO4PS3. The number of nitrogens with one attached hydrogen (secondary N) is 1. The fourth-order valence-electron chi connectivity index (χ4n) is 1.32. The number of rotatable bonds is 8. The summed E-state index contributed by atoms with van der Waals surface area (Å²) in [5, 5.41) is 0. The van der Waals surface area contributed by atoms with E-state index in [1.54, 1.807) is 32.0 Å². The van der Waals surface area contributed by atoms with E-state index in [-0.39, 0.29) is 17.5 Å². The van der Waals surface area contributed by atoms with Gasteiger partial charge in [0, 0.05) is 12.3 Å². The number of hydrogen-bond donors (Lipinski definition) is 2. The minimum absolute atomic E-state index is 0.153. The van der Waals surface area contributed by atoms with E-state index in [9.17, 15) is 13.3 Å². The minimum Gasteiger partial charge on any atom is -0.337 e. The fourth-order valence-corrected chi connectivity index (χ4v) is 6.37. The number of hydrogen-bond acceptors (Lipinski definition) is 5. The van der Waals surface area contributed by atoms with Crippen LogP contribution in [0.1, 0.15) is 13.8 Å². The standard InChI is InChI=1S/C11H18NO4PS3/c1-10(2)16-17(13,18)19-9-8-12-20(14,15)11-6-4-3-5-7-11/h3-7,10,12H,8-9H2,1-2H3,(H,13,18). The molecule has 9 heteroatoms. The van der Waals surface area contributed by atoms with Gasteiger partial charge in [-0.05, 0) is 37.8 Å². The molecule has 0 spiro atoms. The molecule has 5 nitrogen and oxygen atoms in total. The van der Waals surface area contributed by atoms with Gasteiger partial charge in [-0.2, -0.15) is 0 Å². The molecule has 0 radical (unpaired) electrons. The van der Waals surface area contributed by atoms with E-state index >= 15 is 0 Å². The van der Waals surface area contributed by atoms with E-state index in [1.807, 2.05) is 0 Å². The van der Waals surface area contributed by atoms with Crippen LogP contribution in [-0.4, -0.2) is 31.7 Å². The van der Waals surface area contributed by atoms with Crippen molar-refractivity contribution in [2.45, 2.75) is 24.8 Å². The largest absolute Gasteiger partial charge is 0.337 e. The first-order valence-electron chi connectivity index (χ1n) is 5.93. The van der Waals surface area contributed by atoms with Gasteiger partial charge in [0.1, 0.15) is 0 Å². The Morgan fingerprint density at radius 1 is 1.40 bits per heavy atom. The van der Waals surface area contributed by atoms with Crippen molar-refractivity contribution in [2.24, 2.45) is 0 Å². The van der Waals surface area contributed by atoms with Crippen LogP contribution in [-0.2, 0) is 26.4 Å². The quantitative estimate of drug-likeness (QED) is 0.551. The van der Waals surface area contributed by atoms with Crippen molar-refractivity contribution < 1.29 is 17.8 Å². The van der Waals surface area contributed by atoms with Gasteiger partial charge in [0.25, 0.3) is 0 Å². The Kier molecular flexibility index (Phi) is 7.14. The molecule has 0 aliphatic carbocycles. The molecule has 0 amide bonds. The zero-order chi connectivity index (χ0) is 15.2. The van der Waals surface area contributed by atoms with Gasteiger partial charge in [-0.15, -0.1) is 0 Å². The Morgan fingerprint density at radius 3 is 2.55 bits per heavy atom. The molecule has 1 rings (SSSR count). The summed E-state index contributed by atoms with van der Waals surface area (Å²) in [6.45, 7) is 3.76. The van der Waals surface area contributed by atoms with Crippen LogP contribution < -0.4 is 4.72 Å². The highest BCUT2D eigenvalue weighted by Gasteiger charge is 2.17. The van der Waals surface area contributed by atoms with Crippen molar-refractivity contribution in [2.75, 3.05) is 12.3 Å². The molecule has 1 unspecified atom stereocenters. The third-order valence-corrected chi connectivity index (χ3v) is 7.92. The molecule has 0 aliphatic heterocycles. The summed E-state index contributed by atoms with van der Waals surface area (Å²) in [4.78, 5) is 10.0. The van der Waals surface area contributed by atoms with Gasteiger partial charge in [-0.1, -0.05) is 29.6 Å². The highest BCUT2D eigenvalue weighted by atomic mass is 32.9. The van der Waals surface area contributed by atoms with Gasteiger partial charge in [0.05, 0.1) is 11.0 Å². The van der Waals surface area contributed by atoms with Crippen molar-refractivity contribution in [3.63, 3.8) is 0 Å². The Labute approximate surface area is 129 Å². The smallest absolute Gasteiger partial charge is 0.245 e. The first kappa shape index (κ1) is 18.1. The molecule has 1 aromatic rings.